The van der Waals surface area contributed by atoms with Crippen LogP contribution in [-0.2, 0) is 20.8 Å². The quantitative estimate of drug-likeness (QED) is 0.785. The van der Waals surface area contributed by atoms with Gasteiger partial charge in [0.15, 0.2) is 0 Å². The highest BCUT2D eigenvalue weighted by Gasteiger charge is 2.60. The van der Waals surface area contributed by atoms with Crippen molar-refractivity contribution in [3.63, 3.8) is 0 Å². The molecule has 4 rings (SSSR count). The molecule has 6 nitrogen and oxygen atoms in total. The van der Waals surface area contributed by atoms with E-state index in [1.807, 2.05) is 25.1 Å². The number of nitrogens with one attached hydrogen (secondary N) is 1. The van der Waals surface area contributed by atoms with Crippen molar-refractivity contribution in [1.29, 1.82) is 0 Å². The molecule has 1 aromatic heterocycles. The Balaban J connectivity index is 1.28. The van der Waals surface area contributed by atoms with Gasteiger partial charge in [-0.3, -0.25) is 24.3 Å². The molecule has 5 atom stereocenters. The smallest absolute Gasteiger partial charge is 0.233 e. The summed E-state index contributed by atoms with van der Waals surface area (Å²) in [6, 6.07) is 5.67. The van der Waals surface area contributed by atoms with Gasteiger partial charge in [0.05, 0.1) is 11.8 Å². The first kappa shape index (κ1) is 17.2. The predicted octanol–water partition coefficient (Wildman–Crippen LogP) is 1.55. The monoisotopic (exact) mass is 355 g/mol. The van der Waals surface area contributed by atoms with Crippen molar-refractivity contribution in [2.75, 3.05) is 6.54 Å². The van der Waals surface area contributed by atoms with E-state index in [0.29, 0.717) is 18.3 Å². The lowest BCUT2D eigenvalue weighted by Gasteiger charge is -2.19. The molecule has 138 valence electrons. The Morgan fingerprint density at radius 1 is 1.23 bits per heavy atom. The van der Waals surface area contributed by atoms with Crippen molar-refractivity contribution in [3.8, 4) is 0 Å². The minimum absolute atomic E-state index is 0.0402. The minimum atomic E-state index is -0.130. The van der Waals surface area contributed by atoms with Gasteiger partial charge in [0.1, 0.15) is 0 Å². The molecule has 2 bridgehead atoms. The number of pyridine rings is 1. The molecule has 2 saturated carbocycles. The Bertz CT molecular complexity index is 692. The highest BCUT2D eigenvalue weighted by molar-refractivity contribution is 6.06. The molecule has 1 N–H and O–H groups in total. The Kier molecular flexibility index (Phi) is 4.51. The van der Waals surface area contributed by atoms with E-state index < -0.39 is 0 Å². The summed E-state index contributed by atoms with van der Waals surface area (Å²) in [5, 5.41) is 2.93. The third kappa shape index (κ3) is 3.02. The largest absolute Gasteiger partial charge is 0.353 e. The van der Waals surface area contributed by atoms with E-state index in [2.05, 4.69) is 10.3 Å². The number of fused-ring (bicyclic) bond motifs is 5. The molecule has 2 heterocycles. The van der Waals surface area contributed by atoms with Gasteiger partial charge in [-0.25, -0.2) is 0 Å². The number of likely N-dealkylation sites (tertiary alicyclic amines) is 1. The number of hydrogen-bond donors (Lipinski definition) is 1. The summed E-state index contributed by atoms with van der Waals surface area (Å²) in [6.45, 7) is 2.13. The van der Waals surface area contributed by atoms with E-state index in [-0.39, 0.29) is 48.6 Å². The van der Waals surface area contributed by atoms with Crippen molar-refractivity contribution < 1.29 is 14.4 Å². The summed E-state index contributed by atoms with van der Waals surface area (Å²) in [4.78, 5) is 43.1. The maximum atomic E-state index is 12.6. The fourth-order valence-electron chi connectivity index (χ4n) is 5.13. The first-order valence-corrected chi connectivity index (χ1v) is 9.59. The molecule has 26 heavy (non-hydrogen) atoms. The Morgan fingerprint density at radius 3 is 2.54 bits per heavy atom. The fraction of sp³-hybridized carbons (Fsp3) is 0.600. The summed E-state index contributed by atoms with van der Waals surface area (Å²) in [7, 11) is 0. The molecule has 6 heteroatoms. The molecule has 5 unspecified atom stereocenters. The summed E-state index contributed by atoms with van der Waals surface area (Å²) >= 11 is 0. The van der Waals surface area contributed by atoms with Gasteiger partial charge in [-0.15, -0.1) is 0 Å². The summed E-state index contributed by atoms with van der Waals surface area (Å²) in [6.07, 6.45) is 5.74. The van der Waals surface area contributed by atoms with Gasteiger partial charge in [0.25, 0.3) is 0 Å². The van der Waals surface area contributed by atoms with Crippen molar-refractivity contribution in [3.05, 3.63) is 30.1 Å². The molecule has 1 saturated heterocycles. The SMILES string of the molecule is CC(Cc1ccccn1)NC(=O)CCN1C(=O)C2C3CCC(C3)C2C1=O. The summed E-state index contributed by atoms with van der Waals surface area (Å²) in [5.74, 6) is 0.356. The zero-order valence-corrected chi connectivity index (χ0v) is 15.1. The third-order valence-corrected chi connectivity index (χ3v) is 6.23. The van der Waals surface area contributed by atoms with Crippen LogP contribution in [0.1, 0.15) is 38.3 Å². The number of rotatable bonds is 6. The van der Waals surface area contributed by atoms with E-state index in [1.54, 1.807) is 6.20 Å². The first-order valence-electron chi connectivity index (χ1n) is 9.59. The maximum Gasteiger partial charge on any atom is 0.233 e. The van der Waals surface area contributed by atoms with Crippen LogP contribution in [0.5, 0.6) is 0 Å². The minimum Gasteiger partial charge on any atom is -0.353 e. The Morgan fingerprint density at radius 2 is 1.92 bits per heavy atom. The molecule has 3 fully saturated rings. The second-order valence-corrected chi connectivity index (χ2v) is 7.96. The molecule has 3 aliphatic rings. The van der Waals surface area contributed by atoms with Crippen molar-refractivity contribution in [2.24, 2.45) is 23.7 Å². The average molecular weight is 355 g/mol. The Hall–Kier alpha value is -2.24. The summed E-state index contributed by atoms with van der Waals surface area (Å²) < 4.78 is 0. The van der Waals surface area contributed by atoms with Crippen LogP contribution in [0.15, 0.2) is 24.4 Å². The second kappa shape index (κ2) is 6.82. The number of amides is 3. The standard InChI is InChI=1S/C20H25N3O3/c1-12(10-15-4-2-3-8-21-15)22-16(24)7-9-23-19(25)17-13-5-6-14(11-13)18(17)20(23)26/h2-4,8,12-14,17-18H,5-7,9-11H2,1H3,(H,22,24). The van der Waals surface area contributed by atoms with Crippen LogP contribution in [0.4, 0.5) is 0 Å². The zero-order chi connectivity index (χ0) is 18.3. The van der Waals surface area contributed by atoms with Gasteiger partial charge >= 0.3 is 0 Å². The number of aromatic nitrogens is 1. The average Bonchev–Trinajstić information content (AvgIpc) is 3.29. The second-order valence-electron chi connectivity index (χ2n) is 7.96. The van der Waals surface area contributed by atoms with Gasteiger partial charge in [-0.1, -0.05) is 6.07 Å². The number of carbonyl (C=O) groups excluding carboxylic acids is 3. The lowest BCUT2D eigenvalue weighted by Crippen LogP contribution is -2.39. The van der Waals surface area contributed by atoms with Gasteiger partial charge in [-0.05, 0) is 50.2 Å². The van der Waals surface area contributed by atoms with Crippen LogP contribution in [0.25, 0.3) is 0 Å². The number of carbonyl (C=O) groups is 3. The van der Waals surface area contributed by atoms with E-state index in [4.69, 9.17) is 0 Å². The molecule has 1 aromatic rings. The Labute approximate surface area is 153 Å². The molecule has 0 aromatic carbocycles. The highest BCUT2D eigenvalue weighted by atomic mass is 16.2. The topological polar surface area (TPSA) is 79.4 Å². The van der Waals surface area contributed by atoms with Crippen LogP contribution >= 0.6 is 0 Å². The maximum absolute atomic E-state index is 12.6. The van der Waals surface area contributed by atoms with Crippen LogP contribution in [-0.4, -0.2) is 40.2 Å². The molecule has 0 radical (unpaired) electrons. The van der Waals surface area contributed by atoms with Gasteiger partial charge in [-0.2, -0.15) is 0 Å². The van der Waals surface area contributed by atoms with Crippen molar-refractivity contribution >= 4 is 17.7 Å². The lowest BCUT2D eigenvalue weighted by molar-refractivity contribution is -0.141. The molecule has 1 aliphatic heterocycles. The van der Waals surface area contributed by atoms with E-state index in [0.717, 1.165) is 25.0 Å². The third-order valence-electron chi connectivity index (χ3n) is 6.23. The number of imide groups is 1. The van der Waals surface area contributed by atoms with Crippen LogP contribution in [0, 0.1) is 23.7 Å². The first-order chi connectivity index (χ1) is 12.5. The van der Waals surface area contributed by atoms with Crippen LogP contribution in [0.2, 0.25) is 0 Å². The van der Waals surface area contributed by atoms with Crippen molar-refractivity contribution in [2.45, 2.75) is 45.1 Å². The van der Waals surface area contributed by atoms with Gasteiger partial charge in [0.2, 0.25) is 17.7 Å². The van der Waals surface area contributed by atoms with Gasteiger partial charge < -0.3 is 5.32 Å². The molecular weight excluding hydrogens is 330 g/mol. The van der Waals surface area contributed by atoms with Gasteiger partial charge in [0, 0.05) is 37.3 Å². The zero-order valence-electron chi connectivity index (χ0n) is 15.1. The normalized spacial score (nSPS) is 30.6. The summed E-state index contributed by atoms with van der Waals surface area (Å²) in [5.41, 5.74) is 0.925. The number of nitrogens with zero attached hydrogens (tertiary/aromatic N) is 2. The molecule has 0 spiro atoms. The number of hydrogen-bond acceptors (Lipinski definition) is 4. The van der Waals surface area contributed by atoms with Crippen molar-refractivity contribution in [1.82, 2.24) is 15.2 Å². The van der Waals surface area contributed by atoms with Crippen LogP contribution in [0.3, 0.4) is 0 Å². The van der Waals surface area contributed by atoms with E-state index >= 15 is 0 Å². The van der Waals surface area contributed by atoms with Crippen LogP contribution < -0.4 is 5.32 Å². The molecular formula is C20H25N3O3. The lowest BCUT2D eigenvalue weighted by atomic mass is 9.81. The van der Waals surface area contributed by atoms with E-state index in [9.17, 15) is 14.4 Å². The predicted molar refractivity (Wildman–Crippen MR) is 94.7 cm³/mol. The fourth-order valence-corrected chi connectivity index (χ4v) is 5.13. The van der Waals surface area contributed by atoms with E-state index in [1.165, 1.54) is 4.90 Å². The molecule has 3 amide bonds. The molecule has 2 aliphatic carbocycles. The highest BCUT2D eigenvalue weighted by Crippen LogP contribution is 2.56.